The summed E-state index contributed by atoms with van der Waals surface area (Å²) in [5, 5.41) is 17.4. The maximum Gasteiger partial charge on any atom is 0.334 e. The number of nitrogens with one attached hydrogen (secondary N) is 1. The van der Waals surface area contributed by atoms with Crippen LogP contribution in [0.5, 0.6) is 5.75 Å². The summed E-state index contributed by atoms with van der Waals surface area (Å²) in [5.41, 5.74) is 8.04. The normalized spacial score (nSPS) is 18.7. The summed E-state index contributed by atoms with van der Waals surface area (Å²) >= 11 is 1.98. The van der Waals surface area contributed by atoms with Crippen molar-refractivity contribution in [3.63, 3.8) is 0 Å². The second-order valence-corrected chi connectivity index (χ2v) is 16.3. The summed E-state index contributed by atoms with van der Waals surface area (Å²) in [5.74, 6) is 1.90. The summed E-state index contributed by atoms with van der Waals surface area (Å²) in [4.78, 5) is 48.8. The van der Waals surface area contributed by atoms with Gasteiger partial charge >= 0.3 is 6.03 Å². The summed E-state index contributed by atoms with van der Waals surface area (Å²) in [6.45, 7) is 11.2. The second kappa shape index (κ2) is 16.9. The quantitative estimate of drug-likeness (QED) is 0.151. The number of nitrogens with zero attached hydrogens (tertiary/aromatic N) is 6. The van der Waals surface area contributed by atoms with Crippen molar-refractivity contribution in [2.75, 3.05) is 44.2 Å². The van der Waals surface area contributed by atoms with Crippen LogP contribution in [0, 0.1) is 0 Å². The Morgan fingerprint density at radius 3 is 2.40 bits per heavy atom. The zero-order chi connectivity index (χ0) is 40.3. The number of para-hydroxylation sites is 1. The highest BCUT2D eigenvalue weighted by Gasteiger charge is 2.51. The van der Waals surface area contributed by atoms with Crippen LogP contribution in [0.2, 0.25) is 0 Å². The fourth-order valence-corrected chi connectivity index (χ4v) is 9.43. The Kier molecular flexibility index (Phi) is 11.3. The van der Waals surface area contributed by atoms with E-state index >= 15 is 0 Å². The maximum absolute atomic E-state index is 14.8. The van der Waals surface area contributed by atoms with Gasteiger partial charge in [-0.15, -0.1) is 6.58 Å². The second-order valence-electron chi connectivity index (χ2n) is 15.1. The third-order valence-electron chi connectivity index (χ3n) is 11.4. The molecule has 3 saturated heterocycles. The van der Waals surface area contributed by atoms with E-state index in [1.807, 2.05) is 61.3 Å². The van der Waals surface area contributed by atoms with Gasteiger partial charge in [-0.2, -0.15) is 11.8 Å². The average molecular weight is 796 g/mol. The number of aryl methyl sites for hydroxylation is 1. The van der Waals surface area contributed by atoms with Crippen LogP contribution in [-0.2, 0) is 36.1 Å². The molecule has 3 aliphatic rings. The van der Waals surface area contributed by atoms with E-state index in [1.165, 1.54) is 0 Å². The number of hydrazine groups is 1. The van der Waals surface area contributed by atoms with Gasteiger partial charge in [0.15, 0.2) is 0 Å². The van der Waals surface area contributed by atoms with Crippen molar-refractivity contribution in [2.45, 2.75) is 31.7 Å². The topological polar surface area (TPSA) is 105 Å². The number of benzene rings is 4. The molecule has 298 valence electrons. The zero-order valence-electron chi connectivity index (χ0n) is 32.8. The molecule has 0 unspecified atom stereocenters. The predicted octanol–water partition coefficient (Wildman–Crippen LogP) is 6.31. The molecule has 4 aromatic carbocycles. The molecule has 11 nitrogen and oxygen atoms in total. The van der Waals surface area contributed by atoms with Gasteiger partial charge in [0.1, 0.15) is 18.0 Å². The molecule has 0 spiro atoms. The highest BCUT2D eigenvalue weighted by Crippen LogP contribution is 2.35. The van der Waals surface area contributed by atoms with Gasteiger partial charge in [-0.1, -0.05) is 97.6 Å². The molecular weight excluding hydrogens is 747 g/mol. The lowest BCUT2D eigenvalue weighted by Gasteiger charge is -2.55. The van der Waals surface area contributed by atoms with Gasteiger partial charge in [0.05, 0.1) is 18.6 Å². The standard InChI is InChI=1S/C46H49N7O4S/c1-4-21-51-31-43(55)52-41(26-33-13-19-38(54)20-14-33)45(56)50(30-42(52)53(51)46(57)47-27-34-9-6-5-7-10-34)28-37-11-8-12-39-40(29-48(3)44(37)39)36-17-15-35(16-18-36)32(2)49-22-24-58-25-23-49/h4-20,29,41-42,54H,1-2,21-28,30-31H2,3H3,(H,47,57)/t41-,42-/m0/s1. The minimum atomic E-state index is -0.883. The van der Waals surface area contributed by atoms with Crippen molar-refractivity contribution >= 4 is 46.2 Å². The Bertz CT molecular complexity index is 2320. The summed E-state index contributed by atoms with van der Waals surface area (Å²) in [6.07, 6.45) is 3.25. The minimum Gasteiger partial charge on any atom is -0.508 e. The number of thioether (sulfide) groups is 1. The molecule has 2 N–H and O–H groups in total. The van der Waals surface area contributed by atoms with Crippen molar-refractivity contribution in [2.24, 2.45) is 7.05 Å². The number of aromatic hydroxyl groups is 1. The Hall–Kier alpha value is -5.98. The molecule has 12 heteroatoms. The highest BCUT2D eigenvalue weighted by molar-refractivity contribution is 7.99. The SMILES string of the molecule is C=CCN1CC(=O)N2[C@@H](Cc3ccc(O)cc3)C(=O)N(Cc3cccc4c(-c5ccc(C(=C)N6CCSCC6)cc5)cn(C)c34)C[C@@H]2N1C(=O)NCc1ccccc1. The van der Waals surface area contributed by atoms with E-state index in [4.69, 9.17) is 0 Å². The number of hydrogen-bond donors (Lipinski definition) is 2. The third kappa shape index (κ3) is 7.81. The van der Waals surface area contributed by atoms with Crippen LogP contribution in [-0.4, -0.2) is 109 Å². The molecule has 3 aliphatic heterocycles. The molecule has 8 rings (SSSR count). The predicted molar refractivity (Wildman–Crippen MR) is 230 cm³/mol. The first-order valence-electron chi connectivity index (χ1n) is 19.7. The molecule has 0 saturated carbocycles. The van der Waals surface area contributed by atoms with E-state index in [1.54, 1.807) is 50.2 Å². The maximum atomic E-state index is 14.8. The first kappa shape index (κ1) is 38.9. The third-order valence-corrected chi connectivity index (χ3v) is 12.3. The number of carbonyl (C=O) groups is 3. The van der Waals surface area contributed by atoms with Crippen LogP contribution >= 0.6 is 11.8 Å². The monoisotopic (exact) mass is 795 g/mol. The highest BCUT2D eigenvalue weighted by atomic mass is 32.2. The lowest BCUT2D eigenvalue weighted by atomic mass is 9.97. The van der Waals surface area contributed by atoms with Crippen LogP contribution in [0.4, 0.5) is 4.79 Å². The van der Waals surface area contributed by atoms with Crippen molar-refractivity contribution in [1.82, 2.24) is 34.6 Å². The molecule has 0 radical (unpaired) electrons. The van der Waals surface area contributed by atoms with Crippen molar-refractivity contribution < 1.29 is 19.5 Å². The van der Waals surface area contributed by atoms with Gasteiger partial charge in [0, 0.05) is 80.5 Å². The molecular formula is C46H49N7O4S. The molecule has 58 heavy (non-hydrogen) atoms. The first-order valence-corrected chi connectivity index (χ1v) is 20.9. The summed E-state index contributed by atoms with van der Waals surface area (Å²) in [7, 11) is 2.03. The number of aromatic nitrogens is 1. The van der Waals surface area contributed by atoms with E-state index in [2.05, 4.69) is 64.5 Å². The minimum absolute atomic E-state index is 0.0847. The molecule has 1 aromatic heterocycles. The Morgan fingerprint density at radius 1 is 0.931 bits per heavy atom. The van der Waals surface area contributed by atoms with Gasteiger partial charge in [-0.05, 0) is 39.9 Å². The lowest BCUT2D eigenvalue weighted by molar-refractivity contribution is -0.189. The molecule has 0 bridgehead atoms. The van der Waals surface area contributed by atoms with E-state index < -0.39 is 12.2 Å². The number of piperazine rings is 1. The number of amides is 4. The molecule has 4 heterocycles. The van der Waals surface area contributed by atoms with E-state index in [0.29, 0.717) is 6.54 Å². The van der Waals surface area contributed by atoms with Crippen molar-refractivity contribution in [3.05, 3.63) is 145 Å². The van der Waals surface area contributed by atoms with Gasteiger partial charge in [0.25, 0.3) is 0 Å². The van der Waals surface area contributed by atoms with Gasteiger partial charge in [0.2, 0.25) is 11.8 Å². The molecule has 3 fully saturated rings. The van der Waals surface area contributed by atoms with Gasteiger partial charge in [-0.3, -0.25) is 9.59 Å². The van der Waals surface area contributed by atoms with E-state index in [0.717, 1.165) is 74.6 Å². The van der Waals surface area contributed by atoms with Crippen LogP contribution in [0.15, 0.2) is 122 Å². The lowest BCUT2D eigenvalue weighted by Crippen LogP contribution is -2.76. The smallest absolute Gasteiger partial charge is 0.334 e. The largest absolute Gasteiger partial charge is 0.508 e. The number of rotatable bonds is 11. The summed E-state index contributed by atoms with van der Waals surface area (Å²) < 4.78 is 2.12. The van der Waals surface area contributed by atoms with Gasteiger partial charge in [-0.25, -0.2) is 14.8 Å². The molecule has 0 aliphatic carbocycles. The van der Waals surface area contributed by atoms with E-state index in [-0.39, 0.29) is 56.2 Å². The van der Waals surface area contributed by atoms with Crippen molar-refractivity contribution in [3.8, 4) is 16.9 Å². The number of phenols is 1. The number of phenolic OH excluding ortho intramolecular Hbond substituents is 1. The fraction of sp³-hybridized carbons (Fsp3) is 0.283. The Balaban J connectivity index is 1.12. The number of carbonyl (C=O) groups excluding carboxylic acids is 3. The number of urea groups is 1. The summed E-state index contributed by atoms with van der Waals surface area (Å²) in [6, 6.07) is 29.9. The average Bonchev–Trinajstić information content (AvgIpc) is 3.59. The zero-order valence-corrected chi connectivity index (χ0v) is 33.6. The first-order chi connectivity index (χ1) is 28.2. The van der Waals surface area contributed by atoms with Crippen LogP contribution in [0.3, 0.4) is 0 Å². The fourth-order valence-electron chi connectivity index (χ4n) is 8.53. The molecule has 2 atom stereocenters. The Morgan fingerprint density at radius 2 is 1.67 bits per heavy atom. The molecule has 5 aromatic rings. The van der Waals surface area contributed by atoms with Crippen LogP contribution in [0.25, 0.3) is 27.7 Å². The van der Waals surface area contributed by atoms with Crippen molar-refractivity contribution in [1.29, 1.82) is 0 Å². The van der Waals surface area contributed by atoms with Crippen LogP contribution in [0.1, 0.15) is 22.3 Å². The Labute approximate surface area is 343 Å². The van der Waals surface area contributed by atoms with Crippen LogP contribution < -0.4 is 5.32 Å². The molecule has 4 amide bonds. The number of fused-ring (bicyclic) bond motifs is 2. The van der Waals surface area contributed by atoms with Gasteiger partial charge < -0.3 is 29.7 Å². The number of hydrogen-bond acceptors (Lipinski definition) is 7. The van der Waals surface area contributed by atoms with E-state index in [9.17, 15) is 19.5 Å².